The van der Waals surface area contributed by atoms with Crippen molar-refractivity contribution in [2.24, 2.45) is 5.92 Å². The number of aliphatic hydroxyl groups is 1. The molecule has 1 fully saturated rings. The van der Waals surface area contributed by atoms with Crippen LogP contribution in [0.4, 0.5) is 26.2 Å². The average Bonchev–Trinajstić information content (AvgIpc) is 3.51. The van der Waals surface area contributed by atoms with E-state index >= 15 is 0 Å². The van der Waals surface area contributed by atoms with Crippen LogP contribution >= 0.6 is 0 Å². The Kier molecular flexibility index (Phi) is 5.72. The molecule has 0 spiro atoms. The van der Waals surface area contributed by atoms with Crippen molar-refractivity contribution >= 4 is 17.5 Å². The second kappa shape index (κ2) is 8.71. The Bertz CT molecular complexity index is 1190. The Labute approximate surface area is 195 Å². The summed E-state index contributed by atoms with van der Waals surface area (Å²) in [5.41, 5.74) is 2.79. The molecule has 5 rings (SSSR count). The lowest BCUT2D eigenvalue weighted by Gasteiger charge is -2.40. The van der Waals surface area contributed by atoms with Gasteiger partial charge in [-0.1, -0.05) is 0 Å². The van der Waals surface area contributed by atoms with E-state index in [4.69, 9.17) is 4.74 Å². The summed E-state index contributed by atoms with van der Waals surface area (Å²) in [6, 6.07) is 2.46. The van der Waals surface area contributed by atoms with Gasteiger partial charge >= 0.3 is 0 Å². The van der Waals surface area contributed by atoms with Crippen LogP contribution in [0.5, 0.6) is 5.75 Å². The van der Waals surface area contributed by atoms with Crippen LogP contribution in [-0.4, -0.2) is 51.3 Å². The summed E-state index contributed by atoms with van der Waals surface area (Å²) in [4.78, 5) is 11.2. The number of aromatic nitrogens is 4. The highest BCUT2D eigenvalue weighted by Crippen LogP contribution is 2.43. The number of benzene rings is 1. The molecule has 1 aliphatic carbocycles. The van der Waals surface area contributed by atoms with Gasteiger partial charge in [-0.3, -0.25) is 4.68 Å². The van der Waals surface area contributed by atoms with E-state index in [1.165, 1.54) is 19.2 Å². The zero-order chi connectivity index (χ0) is 24.0. The van der Waals surface area contributed by atoms with Gasteiger partial charge in [0.2, 0.25) is 5.95 Å². The second-order valence-corrected chi connectivity index (χ2v) is 8.85. The van der Waals surface area contributed by atoms with E-state index in [9.17, 15) is 13.9 Å². The Hall–Kier alpha value is -3.47. The molecule has 9 nitrogen and oxygen atoms in total. The smallest absolute Gasteiger partial charge is 0.225 e. The zero-order valence-electron chi connectivity index (χ0n) is 19.2. The summed E-state index contributed by atoms with van der Waals surface area (Å²) in [6.07, 6.45) is 5.05. The third kappa shape index (κ3) is 4.23. The molecule has 1 saturated carbocycles. The molecule has 2 aliphatic rings. The fourth-order valence-corrected chi connectivity index (χ4v) is 4.51. The van der Waals surface area contributed by atoms with Gasteiger partial charge < -0.3 is 25.4 Å². The van der Waals surface area contributed by atoms with Crippen LogP contribution in [-0.2, 0) is 13.1 Å². The van der Waals surface area contributed by atoms with E-state index in [0.29, 0.717) is 24.0 Å². The van der Waals surface area contributed by atoms with Crippen LogP contribution in [0, 0.1) is 24.5 Å². The normalized spacial score (nSPS) is 19.5. The number of fused-ring (bicyclic) bond motifs is 1. The number of aliphatic hydroxyl groups excluding tert-OH is 1. The number of likely N-dealkylation sites (N-methyl/N-ethyl adjacent to an activating group) is 1. The van der Waals surface area contributed by atoms with Gasteiger partial charge in [0.25, 0.3) is 0 Å². The first-order valence-corrected chi connectivity index (χ1v) is 11.2. The minimum Gasteiger partial charge on any atom is -0.491 e. The molecular weight excluding hydrogens is 444 g/mol. The summed E-state index contributed by atoms with van der Waals surface area (Å²) in [5, 5.41) is 21.2. The summed E-state index contributed by atoms with van der Waals surface area (Å²) < 4.78 is 34.3. The predicted octanol–water partition coefficient (Wildman–Crippen LogP) is 2.89. The lowest BCUT2D eigenvalue weighted by atomic mass is 10.1. The molecule has 1 unspecified atom stereocenters. The number of halogens is 2. The van der Waals surface area contributed by atoms with Gasteiger partial charge in [0.05, 0.1) is 31.6 Å². The molecule has 2 atom stereocenters. The molecule has 0 saturated heterocycles. The predicted molar refractivity (Wildman–Crippen MR) is 123 cm³/mol. The zero-order valence-corrected chi connectivity index (χ0v) is 19.2. The van der Waals surface area contributed by atoms with Gasteiger partial charge in [0.1, 0.15) is 11.9 Å². The molecule has 0 radical (unpaired) electrons. The van der Waals surface area contributed by atoms with E-state index in [1.807, 2.05) is 18.9 Å². The second-order valence-electron chi connectivity index (χ2n) is 8.85. The number of nitrogens with zero attached hydrogens (tertiary/aromatic N) is 5. The first kappa shape index (κ1) is 22.3. The van der Waals surface area contributed by atoms with Crippen LogP contribution in [0.1, 0.15) is 29.7 Å². The molecule has 0 amide bonds. The molecular formula is C23H27F2N7O2. The SMILES string of the molecule is COc1c(F)cc(Cn2cc(CNc3nc(C)c4c(n3)N(C)[C@@H](C3CC3)C(O)N4)cn2)cc1F. The van der Waals surface area contributed by atoms with Crippen LogP contribution < -0.4 is 20.3 Å². The first-order chi connectivity index (χ1) is 16.3. The fraction of sp³-hybridized carbons (Fsp3) is 0.435. The fourth-order valence-electron chi connectivity index (χ4n) is 4.51. The molecule has 3 N–H and O–H groups in total. The van der Waals surface area contributed by atoms with Crippen molar-refractivity contribution in [2.45, 2.75) is 45.1 Å². The van der Waals surface area contributed by atoms with Crippen LogP contribution in [0.3, 0.4) is 0 Å². The van der Waals surface area contributed by atoms with Crippen LogP contribution in [0.15, 0.2) is 24.5 Å². The van der Waals surface area contributed by atoms with Gasteiger partial charge in [-0.15, -0.1) is 0 Å². The van der Waals surface area contributed by atoms with Crippen LogP contribution in [0.2, 0.25) is 0 Å². The number of hydrogen-bond acceptors (Lipinski definition) is 8. The number of aryl methyl sites for hydroxylation is 1. The minimum atomic E-state index is -0.748. The van der Waals surface area contributed by atoms with Crippen molar-refractivity contribution in [1.29, 1.82) is 0 Å². The standard InChI is InChI=1S/C23H27F2N7O2/c1-12-18-21(31(2)19(15-4-5-15)22(33)29-18)30-23(28-12)26-8-14-9-27-32(11-14)10-13-6-16(24)20(34-3)17(25)7-13/h6-7,9,11,15,19,22,29,33H,4-5,8,10H2,1-3H3,(H,26,28,30)/t19-,22?/m0/s1. The number of nitrogens with one attached hydrogen (secondary N) is 2. The van der Waals surface area contributed by atoms with Crippen LogP contribution in [0.25, 0.3) is 0 Å². The van der Waals surface area contributed by atoms with E-state index in [1.54, 1.807) is 17.1 Å². The van der Waals surface area contributed by atoms with E-state index in [-0.39, 0.29) is 12.6 Å². The van der Waals surface area contributed by atoms with E-state index < -0.39 is 23.6 Å². The highest BCUT2D eigenvalue weighted by Gasteiger charge is 2.43. The van der Waals surface area contributed by atoms with Crippen molar-refractivity contribution in [3.8, 4) is 5.75 Å². The number of hydrogen-bond donors (Lipinski definition) is 3. The maximum Gasteiger partial charge on any atom is 0.225 e. The largest absolute Gasteiger partial charge is 0.491 e. The van der Waals surface area contributed by atoms with E-state index in [2.05, 4.69) is 25.7 Å². The Morgan fingerprint density at radius 2 is 1.94 bits per heavy atom. The van der Waals surface area contributed by atoms with Crippen molar-refractivity contribution in [3.63, 3.8) is 0 Å². The Morgan fingerprint density at radius 3 is 2.62 bits per heavy atom. The summed E-state index contributed by atoms with van der Waals surface area (Å²) in [6.45, 7) is 2.52. The highest BCUT2D eigenvalue weighted by molar-refractivity contribution is 5.72. The van der Waals surface area contributed by atoms with E-state index in [0.717, 1.165) is 35.6 Å². The molecule has 1 aliphatic heterocycles. The van der Waals surface area contributed by atoms with Gasteiger partial charge in [-0.05, 0) is 43.4 Å². The maximum absolute atomic E-state index is 14.0. The highest BCUT2D eigenvalue weighted by atomic mass is 19.1. The molecule has 180 valence electrons. The Morgan fingerprint density at radius 1 is 1.21 bits per heavy atom. The Balaban J connectivity index is 1.27. The van der Waals surface area contributed by atoms with Crippen molar-refractivity contribution < 1.29 is 18.6 Å². The first-order valence-electron chi connectivity index (χ1n) is 11.2. The lowest BCUT2D eigenvalue weighted by molar-refractivity contribution is 0.154. The van der Waals surface area contributed by atoms with Gasteiger partial charge in [-0.2, -0.15) is 10.1 Å². The quantitative estimate of drug-likeness (QED) is 0.484. The average molecular weight is 472 g/mol. The summed E-state index contributed by atoms with van der Waals surface area (Å²) in [5.74, 6) is -0.192. The van der Waals surface area contributed by atoms with Gasteiger partial charge in [0, 0.05) is 25.4 Å². The summed E-state index contributed by atoms with van der Waals surface area (Å²) in [7, 11) is 3.18. The topological polar surface area (TPSA) is 100 Å². The van der Waals surface area contributed by atoms with Crippen molar-refractivity contribution in [2.75, 3.05) is 29.7 Å². The third-order valence-corrected chi connectivity index (χ3v) is 6.32. The van der Waals surface area contributed by atoms with Gasteiger partial charge in [0.15, 0.2) is 23.2 Å². The summed E-state index contributed by atoms with van der Waals surface area (Å²) >= 11 is 0. The number of ether oxygens (including phenoxy) is 1. The molecule has 0 bridgehead atoms. The third-order valence-electron chi connectivity index (χ3n) is 6.32. The molecule has 11 heteroatoms. The monoisotopic (exact) mass is 471 g/mol. The number of anilines is 3. The number of methoxy groups -OCH3 is 1. The maximum atomic E-state index is 14.0. The molecule has 1 aromatic carbocycles. The molecule has 2 aromatic heterocycles. The number of rotatable bonds is 7. The molecule has 3 heterocycles. The molecule has 34 heavy (non-hydrogen) atoms. The van der Waals surface area contributed by atoms with Gasteiger partial charge in [-0.25, -0.2) is 13.8 Å². The molecule has 3 aromatic rings. The van der Waals surface area contributed by atoms with Crippen molar-refractivity contribution in [1.82, 2.24) is 19.7 Å². The van der Waals surface area contributed by atoms with Crippen molar-refractivity contribution in [3.05, 3.63) is 53.0 Å². The lowest BCUT2D eigenvalue weighted by Crippen LogP contribution is -2.51. The minimum absolute atomic E-state index is 0.0134.